The van der Waals surface area contributed by atoms with E-state index in [1.54, 1.807) is 6.08 Å². The number of unbranched alkanes of at least 4 members (excludes halogenated alkanes) is 33. The number of carbonyl (C=O) groups is 1. The zero-order chi connectivity index (χ0) is 59.5. The van der Waals surface area contributed by atoms with E-state index in [1.807, 2.05) is 6.08 Å². The van der Waals surface area contributed by atoms with Crippen LogP contribution in [0.2, 0.25) is 0 Å². The molecule has 14 heteroatoms. The molecule has 1 amide bonds. The zero-order valence-corrected chi connectivity index (χ0v) is 51.7. The molecular weight excluding hydrogens is 1040 g/mol. The minimum atomic E-state index is -1.79. The highest BCUT2D eigenvalue weighted by Crippen LogP contribution is 2.30. The summed E-state index contributed by atoms with van der Waals surface area (Å²) in [6.07, 6.45) is 52.7. The lowest BCUT2D eigenvalue weighted by Crippen LogP contribution is -2.65. The van der Waals surface area contributed by atoms with Crippen molar-refractivity contribution in [3.05, 3.63) is 60.8 Å². The van der Waals surface area contributed by atoms with Gasteiger partial charge in [0.05, 0.1) is 32.0 Å². The number of hydrogen-bond donors (Lipinski definition) is 9. The first-order chi connectivity index (χ1) is 40.1. The number of ether oxygens (including phenoxy) is 4. The van der Waals surface area contributed by atoms with E-state index in [4.69, 9.17) is 18.9 Å². The highest BCUT2D eigenvalue weighted by atomic mass is 16.7. The zero-order valence-electron chi connectivity index (χ0n) is 51.7. The van der Waals surface area contributed by atoms with Crippen LogP contribution in [0.4, 0.5) is 0 Å². The van der Waals surface area contributed by atoms with Crippen LogP contribution in [0.3, 0.4) is 0 Å². The first kappa shape index (κ1) is 75.8. The van der Waals surface area contributed by atoms with E-state index in [-0.39, 0.29) is 18.9 Å². The second kappa shape index (κ2) is 53.0. The average molecular weight is 1160 g/mol. The van der Waals surface area contributed by atoms with Gasteiger partial charge < -0.3 is 65.1 Å². The molecule has 0 aromatic rings. The van der Waals surface area contributed by atoms with Crippen LogP contribution in [0.5, 0.6) is 0 Å². The summed E-state index contributed by atoms with van der Waals surface area (Å²) in [5, 5.41) is 87.3. The van der Waals surface area contributed by atoms with Crippen molar-refractivity contribution < 1.29 is 64.6 Å². The van der Waals surface area contributed by atoms with Crippen molar-refractivity contribution in [3.63, 3.8) is 0 Å². The molecule has 14 nitrogen and oxygen atoms in total. The van der Waals surface area contributed by atoms with Gasteiger partial charge in [0.1, 0.15) is 48.8 Å². The number of carbonyl (C=O) groups excluding carboxylic acids is 1. The summed E-state index contributed by atoms with van der Waals surface area (Å²) in [5.41, 5.74) is 0. The van der Waals surface area contributed by atoms with Gasteiger partial charge in [-0.05, 0) is 70.6 Å². The lowest BCUT2D eigenvalue weighted by Gasteiger charge is -2.46. The molecule has 478 valence electrons. The Labute approximate surface area is 498 Å². The van der Waals surface area contributed by atoms with Gasteiger partial charge in [0.15, 0.2) is 12.6 Å². The number of aliphatic hydroxyl groups excluding tert-OH is 8. The summed E-state index contributed by atoms with van der Waals surface area (Å²) in [6.45, 7) is 2.79. The third-order valence-electron chi connectivity index (χ3n) is 16.2. The number of amides is 1. The second-order valence-electron chi connectivity index (χ2n) is 23.6. The van der Waals surface area contributed by atoms with Gasteiger partial charge >= 0.3 is 0 Å². The fourth-order valence-corrected chi connectivity index (χ4v) is 10.8. The molecule has 2 rings (SSSR count). The molecule has 2 fully saturated rings. The van der Waals surface area contributed by atoms with Crippen molar-refractivity contribution in [2.45, 2.75) is 344 Å². The van der Waals surface area contributed by atoms with E-state index in [0.717, 1.165) is 44.9 Å². The average Bonchev–Trinajstić information content (AvgIpc) is 3.65. The first-order valence-electron chi connectivity index (χ1n) is 33.5. The number of allylic oxidation sites excluding steroid dienone is 9. The Hall–Kier alpha value is -2.31. The van der Waals surface area contributed by atoms with E-state index in [9.17, 15) is 45.6 Å². The van der Waals surface area contributed by atoms with Crippen LogP contribution in [-0.2, 0) is 23.7 Å². The highest BCUT2D eigenvalue weighted by molar-refractivity contribution is 5.76. The topological polar surface area (TPSA) is 228 Å². The molecule has 82 heavy (non-hydrogen) atoms. The standard InChI is InChI=1S/C68H123NO13/c1-3-5-7-9-11-13-15-17-19-21-23-24-25-26-27-28-29-30-31-32-34-36-38-40-42-44-46-48-50-52-60(73)69-56(57(72)51-49-47-45-43-41-39-37-35-33-22-20-18-16-14-12-10-8-6-4-2)55-79-67-65(78)63(76)66(59(54-71)81-67)82-68-64(77)62(75)61(74)58(53-70)80-68/h15,17,21,23,25-26,41,43,49,51,56-59,61-68,70-72,74-78H,3-14,16,18-20,22,24,27-40,42,44-48,50,52-55H2,1-2H3,(H,69,73)/b17-15-,23-21-,26-25-,43-41+,51-49+. The highest BCUT2D eigenvalue weighted by Gasteiger charge is 2.51. The molecule has 0 radical (unpaired) electrons. The Morgan fingerprint density at radius 3 is 1.28 bits per heavy atom. The Morgan fingerprint density at radius 2 is 0.817 bits per heavy atom. The largest absolute Gasteiger partial charge is 0.394 e. The van der Waals surface area contributed by atoms with Gasteiger partial charge in [-0.25, -0.2) is 0 Å². The quantitative estimate of drug-likeness (QED) is 0.0204. The summed E-state index contributed by atoms with van der Waals surface area (Å²) >= 11 is 0. The maximum Gasteiger partial charge on any atom is 0.220 e. The molecule has 2 heterocycles. The fourth-order valence-electron chi connectivity index (χ4n) is 10.8. The van der Waals surface area contributed by atoms with E-state index in [0.29, 0.717) is 12.8 Å². The van der Waals surface area contributed by atoms with Gasteiger partial charge in [-0.2, -0.15) is 0 Å². The molecule has 0 spiro atoms. The van der Waals surface area contributed by atoms with Gasteiger partial charge in [0.25, 0.3) is 0 Å². The molecule has 2 saturated heterocycles. The van der Waals surface area contributed by atoms with Crippen molar-refractivity contribution in [2.75, 3.05) is 19.8 Å². The minimum absolute atomic E-state index is 0.249. The third-order valence-corrected chi connectivity index (χ3v) is 16.2. The summed E-state index contributed by atoms with van der Waals surface area (Å²) in [7, 11) is 0. The summed E-state index contributed by atoms with van der Waals surface area (Å²) in [5.74, 6) is -0.249. The van der Waals surface area contributed by atoms with E-state index in [1.165, 1.54) is 193 Å². The van der Waals surface area contributed by atoms with Gasteiger partial charge in [0.2, 0.25) is 5.91 Å². The Kier molecular flexibility index (Phi) is 49.0. The van der Waals surface area contributed by atoms with Crippen molar-refractivity contribution in [3.8, 4) is 0 Å². The maximum absolute atomic E-state index is 13.3. The number of rotatable bonds is 54. The van der Waals surface area contributed by atoms with Gasteiger partial charge in [-0.15, -0.1) is 0 Å². The molecule has 0 aliphatic carbocycles. The molecule has 0 saturated carbocycles. The van der Waals surface area contributed by atoms with E-state index < -0.39 is 86.8 Å². The smallest absolute Gasteiger partial charge is 0.220 e. The molecule has 12 unspecified atom stereocenters. The van der Waals surface area contributed by atoms with Crippen LogP contribution in [0.25, 0.3) is 0 Å². The fraction of sp³-hybridized carbons (Fsp3) is 0.838. The predicted molar refractivity (Wildman–Crippen MR) is 332 cm³/mol. The van der Waals surface area contributed by atoms with E-state index in [2.05, 4.69) is 67.8 Å². The monoisotopic (exact) mass is 1160 g/mol. The molecule has 2 aliphatic rings. The van der Waals surface area contributed by atoms with Crippen LogP contribution in [-0.4, -0.2) is 140 Å². The number of nitrogens with one attached hydrogen (secondary N) is 1. The van der Waals surface area contributed by atoms with Gasteiger partial charge in [0, 0.05) is 6.42 Å². The lowest BCUT2D eigenvalue weighted by atomic mass is 9.97. The minimum Gasteiger partial charge on any atom is -0.394 e. The molecule has 0 aromatic heterocycles. The Balaban J connectivity index is 1.70. The molecule has 2 aliphatic heterocycles. The lowest BCUT2D eigenvalue weighted by molar-refractivity contribution is -0.359. The molecule has 9 N–H and O–H groups in total. The SMILES string of the molecule is CCCCCCC/C=C\C/C=C\C/C=C\CCCCCCCCCCCCCCCCC(=O)NC(COC1OC(CO)C(OC2OC(CO)C(O)C(O)C2O)C(O)C1O)C(O)/C=C/CC/C=C/CCCCCCCCCCCCCCC. The van der Waals surface area contributed by atoms with E-state index >= 15 is 0 Å². The normalized spacial score (nSPS) is 24.3. The van der Waals surface area contributed by atoms with Crippen LogP contribution in [0.15, 0.2) is 60.8 Å². The number of aliphatic hydroxyl groups is 8. The molecule has 0 bridgehead atoms. The second-order valence-corrected chi connectivity index (χ2v) is 23.6. The Bertz CT molecular complexity index is 1610. The van der Waals surface area contributed by atoms with Crippen molar-refractivity contribution in [1.29, 1.82) is 0 Å². The van der Waals surface area contributed by atoms with Crippen molar-refractivity contribution in [1.82, 2.24) is 5.32 Å². The molecule has 0 aromatic carbocycles. The predicted octanol–water partition coefficient (Wildman–Crippen LogP) is 12.9. The van der Waals surface area contributed by atoms with Crippen LogP contribution >= 0.6 is 0 Å². The van der Waals surface area contributed by atoms with Crippen LogP contribution < -0.4 is 5.32 Å². The van der Waals surface area contributed by atoms with Crippen LogP contribution in [0, 0.1) is 0 Å². The van der Waals surface area contributed by atoms with Crippen molar-refractivity contribution >= 4 is 5.91 Å². The summed E-state index contributed by atoms with van der Waals surface area (Å²) < 4.78 is 22.8. The van der Waals surface area contributed by atoms with Gasteiger partial charge in [-0.3, -0.25) is 4.79 Å². The molecule has 12 atom stereocenters. The van der Waals surface area contributed by atoms with Gasteiger partial charge in [-0.1, -0.05) is 254 Å². The summed E-state index contributed by atoms with van der Waals surface area (Å²) in [6, 6.07) is -0.934. The maximum atomic E-state index is 13.3. The summed E-state index contributed by atoms with van der Waals surface area (Å²) in [4.78, 5) is 13.3. The third kappa shape index (κ3) is 37.3. The number of hydrogen-bond acceptors (Lipinski definition) is 13. The molecular formula is C68H123NO13. The first-order valence-corrected chi connectivity index (χ1v) is 33.5. The van der Waals surface area contributed by atoms with Crippen molar-refractivity contribution in [2.24, 2.45) is 0 Å². The van der Waals surface area contributed by atoms with Crippen LogP contribution in [0.1, 0.15) is 271 Å². The Morgan fingerprint density at radius 1 is 0.439 bits per heavy atom.